The zero-order chi connectivity index (χ0) is 10.7. The molecule has 1 aromatic rings. The molecule has 1 saturated heterocycles. The zero-order valence-electron chi connectivity index (χ0n) is 8.95. The Morgan fingerprint density at radius 2 is 2.40 bits per heavy atom. The fraction of sp³-hybridized carbons (Fsp3) is 0.800. The van der Waals surface area contributed by atoms with E-state index in [9.17, 15) is 0 Å². The molecule has 15 heavy (non-hydrogen) atoms. The highest BCUT2D eigenvalue weighted by Crippen LogP contribution is 2.26. The van der Waals surface area contributed by atoms with Crippen molar-refractivity contribution in [1.29, 1.82) is 0 Å². The smallest absolute Gasteiger partial charge is 0.205 e. The van der Waals surface area contributed by atoms with Crippen LogP contribution in [0.15, 0.2) is 0 Å². The van der Waals surface area contributed by atoms with Gasteiger partial charge in [0.2, 0.25) is 5.13 Å². The van der Waals surface area contributed by atoms with Crippen LogP contribution < -0.4 is 4.90 Å². The van der Waals surface area contributed by atoms with Gasteiger partial charge in [-0.3, -0.25) is 0 Å². The molecule has 0 aromatic carbocycles. The van der Waals surface area contributed by atoms with Crippen molar-refractivity contribution in [3.8, 4) is 0 Å². The molecule has 1 aromatic heterocycles. The summed E-state index contributed by atoms with van der Waals surface area (Å²) in [6, 6.07) is 0.457. The number of hydrogen-bond acceptors (Lipinski definition) is 4. The standard InChI is InChI=1S/C10H16ClN3S/c1-2-9-12-10(15-13-9)14-6-4-3-5-8(14)7-11/h8H,2-7H2,1H3. The predicted molar refractivity (Wildman–Crippen MR) is 65.0 cm³/mol. The van der Waals surface area contributed by atoms with Crippen molar-refractivity contribution in [2.45, 2.75) is 38.6 Å². The number of anilines is 1. The van der Waals surface area contributed by atoms with Gasteiger partial charge in [0.1, 0.15) is 5.82 Å². The summed E-state index contributed by atoms with van der Waals surface area (Å²) in [4.78, 5) is 6.85. The second kappa shape index (κ2) is 5.12. The molecular weight excluding hydrogens is 230 g/mol. The van der Waals surface area contributed by atoms with Crippen molar-refractivity contribution in [3.05, 3.63) is 5.82 Å². The van der Waals surface area contributed by atoms with Gasteiger partial charge in [-0.2, -0.15) is 4.37 Å². The first-order chi connectivity index (χ1) is 7.35. The fourth-order valence-corrected chi connectivity index (χ4v) is 3.09. The molecule has 3 nitrogen and oxygen atoms in total. The second-order valence-electron chi connectivity index (χ2n) is 3.84. The molecule has 84 valence electrons. The third-order valence-corrected chi connectivity index (χ3v) is 3.97. The quantitative estimate of drug-likeness (QED) is 0.767. The molecular formula is C10H16ClN3S. The second-order valence-corrected chi connectivity index (χ2v) is 4.88. The van der Waals surface area contributed by atoms with E-state index < -0.39 is 0 Å². The molecule has 1 aliphatic heterocycles. The molecule has 1 fully saturated rings. The summed E-state index contributed by atoms with van der Waals surface area (Å²) in [5.74, 6) is 1.65. The predicted octanol–water partition coefficient (Wildman–Crippen LogP) is 2.70. The zero-order valence-corrected chi connectivity index (χ0v) is 10.5. The number of rotatable bonds is 3. The van der Waals surface area contributed by atoms with E-state index in [2.05, 4.69) is 21.2 Å². The molecule has 2 heterocycles. The van der Waals surface area contributed by atoms with Crippen molar-refractivity contribution >= 4 is 28.3 Å². The van der Waals surface area contributed by atoms with E-state index in [4.69, 9.17) is 11.6 Å². The van der Waals surface area contributed by atoms with Crippen LogP contribution in [0.5, 0.6) is 0 Å². The van der Waals surface area contributed by atoms with Crippen LogP contribution in [0.2, 0.25) is 0 Å². The summed E-state index contributed by atoms with van der Waals surface area (Å²) < 4.78 is 4.32. The lowest BCUT2D eigenvalue weighted by atomic mass is 10.0. The normalized spacial score (nSPS) is 22.0. The number of halogens is 1. The Kier molecular flexibility index (Phi) is 3.81. The molecule has 1 atom stereocenters. The van der Waals surface area contributed by atoms with Gasteiger partial charge in [0.15, 0.2) is 0 Å². The van der Waals surface area contributed by atoms with E-state index in [0.717, 1.165) is 23.9 Å². The van der Waals surface area contributed by atoms with Crippen molar-refractivity contribution < 1.29 is 0 Å². The van der Waals surface area contributed by atoms with Gasteiger partial charge in [-0.1, -0.05) is 6.92 Å². The third kappa shape index (κ3) is 2.42. The molecule has 0 saturated carbocycles. The average Bonchev–Trinajstić information content (AvgIpc) is 2.77. The van der Waals surface area contributed by atoms with E-state index in [1.165, 1.54) is 30.8 Å². The van der Waals surface area contributed by atoms with Crippen LogP contribution in [0.4, 0.5) is 5.13 Å². The van der Waals surface area contributed by atoms with E-state index in [1.807, 2.05) is 0 Å². The minimum absolute atomic E-state index is 0.457. The average molecular weight is 246 g/mol. The largest absolute Gasteiger partial charge is 0.343 e. The summed E-state index contributed by atoms with van der Waals surface area (Å²) in [5.41, 5.74) is 0. The van der Waals surface area contributed by atoms with Crippen molar-refractivity contribution in [2.75, 3.05) is 17.3 Å². The minimum Gasteiger partial charge on any atom is -0.343 e. The molecule has 0 aliphatic carbocycles. The Bertz CT molecular complexity index is 315. The highest BCUT2D eigenvalue weighted by atomic mass is 35.5. The van der Waals surface area contributed by atoms with Crippen LogP contribution in [-0.2, 0) is 6.42 Å². The molecule has 1 unspecified atom stereocenters. The first-order valence-electron chi connectivity index (χ1n) is 5.50. The molecule has 0 radical (unpaired) electrons. The van der Waals surface area contributed by atoms with Gasteiger partial charge in [-0.25, -0.2) is 4.98 Å². The Balaban J connectivity index is 2.12. The SMILES string of the molecule is CCc1nsc(N2CCCCC2CCl)n1. The molecule has 5 heteroatoms. The lowest BCUT2D eigenvalue weighted by Crippen LogP contribution is -2.40. The lowest BCUT2D eigenvalue weighted by Gasteiger charge is -2.33. The Hall–Kier alpha value is -0.350. The van der Waals surface area contributed by atoms with Crippen LogP contribution in [0.3, 0.4) is 0 Å². The lowest BCUT2D eigenvalue weighted by molar-refractivity contribution is 0.487. The highest BCUT2D eigenvalue weighted by molar-refractivity contribution is 7.09. The van der Waals surface area contributed by atoms with E-state index >= 15 is 0 Å². The van der Waals surface area contributed by atoms with Gasteiger partial charge in [-0.05, 0) is 19.3 Å². The molecule has 0 spiro atoms. The van der Waals surface area contributed by atoms with Gasteiger partial charge < -0.3 is 4.90 Å². The maximum absolute atomic E-state index is 5.98. The Labute approximate surface area is 99.6 Å². The molecule has 0 N–H and O–H groups in total. The van der Waals surface area contributed by atoms with Gasteiger partial charge >= 0.3 is 0 Å². The van der Waals surface area contributed by atoms with E-state index in [0.29, 0.717) is 11.9 Å². The van der Waals surface area contributed by atoms with Crippen LogP contribution in [0.25, 0.3) is 0 Å². The van der Waals surface area contributed by atoms with Gasteiger partial charge in [0.05, 0.1) is 0 Å². The van der Waals surface area contributed by atoms with Crippen molar-refractivity contribution in [2.24, 2.45) is 0 Å². The third-order valence-electron chi connectivity index (χ3n) is 2.82. The summed E-state index contributed by atoms with van der Waals surface area (Å²) in [6.07, 6.45) is 4.63. The maximum Gasteiger partial charge on any atom is 0.205 e. The van der Waals surface area contributed by atoms with Gasteiger partial charge in [0, 0.05) is 36.4 Å². The number of nitrogens with zero attached hydrogens (tertiary/aromatic N) is 3. The van der Waals surface area contributed by atoms with Gasteiger partial charge in [0.25, 0.3) is 0 Å². The van der Waals surface area contributed by atoms with Crippen LogP contribution in [0, 0.1) is 0 Å². The molecule has 1 aliphatic rings. The van der Waals surface area contributed by atoms with Crippen LogP contribution in [0.1, 0.15) is 32.0 Å². The molecule has 0 amide bonds. The van der Waals surface area contributed by atoms with Crippen LogP contribution in [-0.4, -0.2) is 27.8 Å². The first kappa shape index (κ1) is 11.1. The Morgan fingerprint density at radius 3 is 3.07 bits per heavy atom. The van der Waals surface area contributed by atoms with Crippen molar-refractivity contribution in [3.63, 3.8) is 0 Å². The molecule has 2 rings (SSSR count). The number of piperidine rings is 1. The Morgan fingerprint density at radius 1 is 1.53 bits per heavy atom. The summed E-state index contributed by atoms with van der Waals surface area (Å²) >= 11 is 7.49. The summed E-state index contributed by atoms with van der Waals surface area (Å²) in [6.45, 7) is 3.16. The minimum atomic E-state index is 0.457. The van der Waals surface area contributed by atoms with E-state index in [1.54, 1.807) is 0 Å². The number of aromatic nitrogens is 2. The van der Waals surface area contributed by atoms with Gasteiger partial charge in [-0.15, -0.1) is 11.6 Å². The summed E-state index contributed by atoms with van der Waals surface area (Å²) in [5, 5.41) is 1.05. The number of aryl methyl sites for hydroxylation is 1. The number of alkyl halides is 1. The number of hydrogen-bond donors (Lipinski definition) is 0. The highest BCUT2D eigenvalue weighted by Gasteiger charge is 2.24. The van der Waals surface area contributed by atoms with Crippen LogP contribution >= 0.6 is 23.1 Å². The molecule has 0 bridgehead atoms. The van der Waals surface area contributed by atoms with E-state index in [-0.39, 0.29) is 0 Å². The summed E-state index contributed by atoms with van der Waals surface area (Å²) in [7, 11) is 0. The topological polar surface area (TPSA) is 29.0 Å². The monoisotopic (exact) mass is 245 g/mol. The fourth-order valence-electron chi connectivity index (χ4n) is 1.92. The first-order valence-corrected chi connectivity index (χ1v) is 6.81. The van der Waals surface area contributed by atoms with Crippen molar-refractivity contribution in [1.82, 2.24) is 9.36 Å². The maximum atomic E-state index is 5.98.